The van der Waals surface area contributed by atoms with Crippen molar-refractivity contribution in [3.05, 3.63) is 67.1 Å². The van der Waals surface area contributed by atoms with Gasteiger partial charge in [-0.15, -0.1) is 0 Å². The van der Waals surface area contributed by atoms with Crippen molar-refractivity contribution in [2.45, 2.75) is 27.7 Å². The van der Waals surface area contributed by atoms with Crippen LogP contribution in [0.5, 0.6) is 23.0 Å². The second-order valence-electron chi connectivity index (χ2n) is 8.69. The van der Waals surface area contributed by atoms with E-state index in [0.717, 1.165) is 22.2 Å². The van der Waals surface area contributed by atoms with E-state index in [1.807, 2.05) is 52.0 Å². The third kappa shape index (κ3) is 2.84. The minimum atomic E-state index is -0.198. The third-order valence-electron chi connectivity index (χ3n) is 6.68. The van der Waals surface area contributed by atoms with Gasteiger partial charge in [-0.05, 0) is 26.0 Å². The molecular formula is C26H24N6O4. The van der Waals surface area contributed by atoms with Crippen molar-refractivity contribution in [1.29, 1.82) is 0 Å². The molecule has 2 aliphatic heterocycles. The average Bonchev–Trinajstić information content (AvgIpc) is 3.32. The molecule has 2 N–H and O–H groups in total. The van der Waals surface area contributed by atoms with Gasteiger partial charge in [0.2, 0.25) is 0 Å². The molecule has 10 nitrogen and oxygen atoms in total. The fraction of sp³-hybridized carbons (Fsp3) is 0.231. The number of aryl methyl sites for hydroxylation is 2. The molecule has 0 amide bonds. The molecule has 36 heavy (non-hydrogen) atoms. The van der Waals surface area contributed by atoms with Gasteiger partial charge in [0.1, 0.15) is 22.1 Å². The van der Waals surface area contributed by atoms with Crippen molar-refractivity contribution >= 4 is 33.4 Å². The number of nitrogens with one attached hydrogen (secondary N) is 2. The van der Waals surface area contributed by atoms with Crippen molar-refractivity contribution in [1.82, 2.24) is 19.1 Å². The summed E-state index contributed by atoms with van der Waals surface area (Å²) in [4.78, 5) is 39.5. The second kappa shape index (κ2) is 7.45. The van der Waals surface area contributed by atoms with Gasteiger partial charge in [-0.1, -0.05) is 13.8 Å². The van der Waals surface area contributed by atoms with E-state index in [-0.39, 0.29) is 11.4 Å². The molecule has 0 fully saturated rings. The molecule has 3 aromatic carbocycles. The van der Waals surface area contributed by atoms with Crippen LogP contribution in [0, 0.1) is 13.8 Å². The predicted octanol–water partition coefficient (Wildman–Crippen LogP) is 3.80. The number of hydrogen-bond acceptors (Lipinski definition) is 6. The van der Waals surface area contributed by atoms with Crippen LogP contribution in [0.4, 0.5) is 11.4 Å². The van der Waals surface area contributed by atoms with Crippen LogP contribution in [0.15, 0.2) is 43.8 Å². The van der Waals surface area contributed by atoms with E-state index in [0.29, 0.717) is 56.1 Å². The summed E-state index contributed by atoms with van der Waals surface area (Å²) in [5.74, 6) is 2.35. The number of aromatic nitrogens is 4. The summed E-state index contributed by atoms with van der Waals surface area (Å²) in [6.07, 6.45) is 0. The maximum Gasteiger partial charge on any atom is 0.326 e. The Kier molecular flexibility index (Phi) is 4.53. The van der Waals surface area contributed by atoms with Crippen molar-refractivity contribution in [3.63, 3.8) is 0 Å². The molecule has 0 unspecified atom stereocenters. The van der Waals surface area contributed by atoms with E-state index >= 15 is 0 Å². The molecule has 0 bridgehead atoms. The lowest BCUT2D eigenvalue weighted by molar-refractivity contribution is 0.443. The van der Waals surface area contributed by atoms with E-state index in [1.165, 1.54) is 9.13 Å². The molecule has 10 heteroatoms. The van der Waals surface area contributed by atoms with Crippen molar-refractivity contribution in [3.8, 4) is 23.0 Å². The lowest BCUT2D eigenvalue weighted by Gasteiger charge is -2.22. The van der Waals surface area contributed by atoms with E-state index in [9.17, 15) is 9.59 Å². The lowest BCUT2D eigenvalue weighted by Crippen LogP contribution is -2.25. The summed E-state index contributed by atoms with van der Waals surface area (Å²) in [6, 6.07) is 7.25. The maximum absolute atomic E-state index is 12.1. The summed E-state index contributed by atoms with van der Waals surface area (Å²) in [6.45, 7) is 7.84. The molecule has 0 spiro atoms. The van der Waals surface area contributed by atoms with Gasteiger partial charge in [-0.3, -0.25) is 9.13 Å². The van der Waals surface area contributed by atoms with E-state index in [1.54, 1.807) is 14.1 Å². The first kappa shape index (κ1) is 21.9. The highest BCUT2D eigenvalue weighted by Crippen LogP contribution is 2.41. The van der Waals surface area contributed by atoms with Gasteiger partial charge < -0.3 is 19.4 Å². The molecule has 0 saturated carbocycles. The van der Waals surface area contributed by atoms with E-state index in [2.05, 4.69) is 9.97 Å². The summed E-state index contributed by atoms with van der Waals surface area (Å²) in [5.41, 5.74) is 5.29. The van der Waals surface area contributed by atoms with Crippen LogP contribution in [0.3, 0.4) is 0 Å². The molecule has 2 aliphatic rings. The minimum Gasteiger partial charge on any atom is -0.452 e. The largest absolute Gasteiger partial charge is 0.452 e. The number of hydrogen-bond donors (Lipinski definition) is 2. The van der Waals surface area contributed by atoms with Crippen molar-refractivity contribution in [2.75, 3.05) is 0 Å². The molecule has 2 aromatic heterocycles. The van der Waals surface area contributed by atoms with Crippen molar-refractivity contribution in [2.24, 2.45) is 24.1 Å². The van der Waals surface area contributed by atoms with Gasteiger partial charge in [0.25, 0.3) is 0 Å². The highest BCUT2D eigenvalue weighted by atomic mass is 16.5. The first-order chi connectivity index (χ1) is 17.3. The Balaban J connectivity index is 0.00000117. The minimum absolute atomic E-state index is 0.198. The maximum atomic E-state index is 12.1. The number of H-pyrrole nitrogens is 2. The molecule has 4 heterocycles. The monoisotopic (exact) mass is 484 g/mol. The number of aromatic amines is 2. The topological polar surface area (TPSA) is 119 Å². The Bertz CT molecular complexity index is 1860. The highest BCUT2D eigenvalue weighted by molar-refractivity contribution is 5.84. The van der Waals surface area contributed by atoms with E-state index < -0.39 is 0 Å². The van der Waals surface area contributed by atoms with E-state index in [4.69, 9.17) is 19.5 Å². The molecule has 0 saturated heterocycles. The molecule has 0 atom stereocenters. The zero-order valence-electron chi connectivity index (χ0n) is 20.7. The molecule has 0 aliphatic carbocycles. The Morgan fingerprint density at radius 3 is 1.47 bits per heavy atom. The van der Waals surface area contributed by atoms with Crippen LogP contribution >= 0.6 is 0 Å². The Morgan fingerprint density at radius 1 is 0.694 bits per heavy atom. The average molecular weight is 485 g/mol. The summed E-state index contributed by atoms with van der Waals surface area (Å²) in [5, 5.41) is 1.32. The number of benzene rings is 3. The number of nitrogens with zero attached hydrogens (tertiary/aromatic N) is 4. The first-order valence-electron chi connectivity index (χ1n) is 11.7. The summed E-state index contributed by atoms with van der Waals surface area (Å²) in [7, 11) is 3.41. The van der Waals surface area contributed by atoms with Gasteiger partial charge in [-0.2, -0.15) is 0 Å². The fourth-order valence-corrected chi connectivity index (χ4v) is 4.72. The highest BCUT2D eigenvalue weighted by Gasteiger charge is 2.26. The SMILES string of the molecule is CC.Cc1c2c(c(C)c3c1=Nc1cc4[nH]c(=O)n(C)c4cc1O3)=Nc1cc3[nH]c(=O)n(C)c3cc1O2. The Labute approximate surface area is 204 Å². The zero-order chi connectivity index (χ0) is 25.5. The number of imidazole rings is 2. The summed E-state index contributed by atoms with van der Waals surface area (Å²) < 4.78 is 15.7. The normalized spacial score (nSPS) is 12.7. The van der Waals surface area contributed by atoms with Gasteiger partial charge in [-0.25, -0.2) is 19.6 Å². The smallest absolute Gasteiger partial charge is 0.326 e. The van der Waals surface area contributed by atoms with Gasteiger partial charge >= 0.3 is 11.4 Å². The number of ether oxygens (including phenoxy) is 2. The van der Waals surface area contributed by atoms with Crippen LogP contribution in [0.1, 0.15) is 25.0 Å². The number of rotatable bonds is 0. The van der Waals surface area contributed by atoms with Gasteiger partial charge in [0.15, 0.2) is 23.0 Å². The molecular weight excluding hydrogens is 460 g/mol. The van der Waals surface area contributed by atoms with Crippen molar-refractivity contribution < 1.29 is 9.47 Å². The lowest BCUT2D eigenvalue weighted by atomic mass is 10.1. The Hall–Kier alpha value is -4.60. The zero-order valence-corrected chi connectivity index (χ0v) is 20.7. The van der Waals surface area contributed by atoms with Crippen LogP contribution in [0.25, 0.3) is 22.1 Å². The summed E-state index contributed by atoms with van der Waals surface area (Å²) >= 11 is 0. The predicted molar refractivity (Wildman–Crippen MR) is 136 cm³/mol. The molecule has 0 radical (unpaired) electrons. The van der Waals surface area contributed by atoms with Crippen LogP contribution in [-0.4, -0.2) is 19.1 Å². The van der Waals surface area contributed by atoms with Gasteiger partial charge in [0.05, 0.1) is 22.1 Å². The molecule has 182 valence electrons. The second-order valence-corrected chi connectivity index (χ2v) is 8.69. The van der Waals surface area contributed by atoms with Crippen LogP contribution in [-0.2, 0) is 14.1 Å². The Morgan fingerprint density at radius 2 is 1.08 bits per heavy atom. The standard InChI is InChI=1S/C24H18N6O4.C2H6/c1-9-19-22(34-18-8-16-11(5-13(18)25-19)27-23(31)30(16)4)10(2)20-21(9)33-17-7-15-12(6-14(17)26-20)28-24(32)29(15)3;1-2/h5-8H,1-4H3,(H,27,31)(H,28,32);1-2H3. The third-order valence-corrected chi connectivity index (χ3v) is 6.68. The first-order valence-corrected chi connectivity index (χ1v) is 11.7. The quantitative estimate of drug-likeness (QED) is 0.340. The van der Waals surface area contributed by atoms with Gasteiger partial charge in [0, 0.05) is 37.4 Å². The molecule has 5 aromatic rings. The number of fused-ring (bicyclic) bond motifs is 6. The molecule has 7 rings (SSSR count). The van der Waals surface area contributed by atoms with Crippen LogP contribution < -0.4 is 31.6 Å². The van der Waals surface area contributed by atoms with Crippen LogP contribution in [0.2, 0.25) is 0 Å². The fourth-order valence-electron chi connectivity index (χ4n) is 4.72.